The summed E-state index contributed by atoms with van der Waals surface area (Å²) in [7, 11) is 0. The van der Waals surface area contributed by atoms with Crippen LogP contribution in [-0.4, -0.2) is 14.8 Å². The highest BCUT2D eigenvalue weighted by Gasteiger charge is 2.02. The first-order valence-electron chi connectivity index (χ1n) is 4.24. The Morgan fingerprint density at radius 1 is 1.47 bits per heavy atom. The summed E-state index contributed by atoms with van der Waals surface area (Å²) >= 11 is 3.09. The number of nitrogens with zero attached hydrogens (tertiary/aromatic N) is 3. The molecule has 4 nitrogen and oxygen atoms in total. The van der Waals surface area contributed by atoms with Gasteiger partial charge >= 0.3 is 0 Å². The van der Waals surface area contributed by atoms with Crippen LogP contribution >= 0.6 is 15.9 Å². The molecule has 0 bridgehead atoms. The van der Waals surface area contributed by atoms with Crippen LogP contribution in [0.1, 0.15) is 5.56 Å². The standard InChI is InChI=1S/C9H8BrFN4/c10-7-2-1-6(3-8(7)11)4-15-5-13-9(12)14-15/h1-3,5H,4H2,(H2,12,14). The monoisotopic (exact) mass is 270 g/mol. The van der Waals surface area contributed by atoms with Gasteiger partial charge in [0.2, 0.25) is 5.95 Å². The maximum Gasteiger partial charge on any atom is 0.239 e. The lowest BCUT2D eigenvalue weighted by molar-refractivity contribution is 0.613. The van der Waals surface area contributed by atoms with Crippen LogP contribution in [0.15, 0.2) is 29.0 Å². The first kappa shape index (κ1) is 10.1. The van der Waals surface area contributed by atoms with E-state index in [1.165, 1.54) is 12.4 Å². The van der Waals surface area contributed by atoms with Gasteiger partial charge in [-0.3, -0.25) is 0 Å². The molecule has 0 unspecified atom stereocenters. The van der Waals surface area contributed by atoms with E-state index in [0.29, 0.717) is 11.0 Å². The van der Waals surface area contributed by atoms with Gasteiger partial charge in [-0.25, -0.2) is 14.1 Å². The van der Waals surface area contributed by atoms with E-state index in [0.717, 1.165) is 5.56 Å². The normalized spacial score (nSPS) is 10.5. The summed E-state index contributed by atoms with van der Waals surface area (Å²) in [5, 5.41) is 3.91. The van der Waals surface area contributed by atoms with Gasteiger partial charge in [-0.15, -0.1) is 5.10 Å². The molecular formula is C9H8BrFN4. The highest BCUT2D eigenvalue weighted by molar-refractivity contribution is 9.10. The van der Waals surface area contributed by atoms with Crippen LogP contribution in [0.25, 0.3) is 0 Å². The summed E-state index contributed by atoms with van der Waals surface area (Å²) < 4.78 is 15.2. The van der Waals surface area contributed by atoms with Gasteiger partial charge in [0, 0.05) is 0 Å². The van der Waals surface area contributed by atoms with E-state index in [-0.39, 0.29) is 11.8 Å². The lowest BCUT2D eigenvalue weighted by Crippen LogP contribution is -2.01. The molecule has 2 N–H and O–H groups in total. The highest BCUT2D eigenvalue weighted by Crippen LogP contribution is 2.16. The van der Waals surface area contributed by atoms with Crippen molar-refractivity contribution >= 4 is 21.9 Å². The minimum atomic E-state index is -0.291. The summed E-state index contributed by atoms with van der Waals surface area (Å²) in [5.41, 5.74) is 6.17. The Morgan fingerprint density at radius 2 is 2.27 bits per heavy atom. The zero-order chi connectivity index (χ0) is 10.8. The summed E-state index contributed by atoms with van der Waals surface area (Å²) in [6.07, 6.45) is 1.51. The number of nitrogens with two attached hydrogens (primary N) is 1. The molecule has 0 atom stereocenters. The number of aromatic nitrogens is 3. The average Bonchev–Trinajstić information content (AvgIpc) is 2.58. The second-order valence-electron chi connectivity index (χ2n) is 3.05. The molecule has 6 heteroatoms. The van der Waals surface area contributed by atoms with Crippen LogP contribution < -0.4 is 5.73 Å². The van der Waals surface area contributed by atoms with E-state index in [2.05, 4.69) is 26.0 Å². The molecule has 15 heavy (non-hydrogen) atoms. The molecule has 0 aliphatic heterocycles. The molecule has 2 rings (SSSR count). The SMILES string of the molecule is Nc1ncn(Cc2ccc(Br)c(F)c2)n1. The predicted octanol–water partition coefficient (Wildman–Crippen LogP) is 1.81. The minimum absolute atomic E-state index is 0.215. The van der Waals surface area contributed by atoms with Gasteiger partial charge in [0.1, 0.15) is 12.1 Å². The van der Waals surface area contributed by atoms with Gasteiger partial charge in [0.15, 0.2) is 0 Å². The fraction of sp³-hybridized carbons (Fsp3) is 0.111. The Kier molecular flexibility index (Phi) is 2.68. The molecule has 0 aliphatic rings. The zero-order valence-corrected chi connectivity index (χ0v) is 9.28. The van der Waals surface area contributed by atoms with E-state index in [9.17, 15) is 4.39 Å². The average molecular weight is 271 g/mol. The Balaban J connectivity index is 2.21. The number of hydrogen-bond donors (Lipinski definition) is 1. The summed E-state index contributed by atoms with van der Waals surface area (Å²) in [5.74, 6) is -0.0758. The van der Waals surface area contributed by atoms with Crippen LogP contribution in [0.4, 0.5) is 10.3 Å². The third kappa shape index (κ3) is 2.33. The van der Waals surface area contributed by atoms with E-state index < -0.39 is 0 Å². The van der Waals surface area contributed by atoms with Gasteiger partial charge in [0.05, 0.1) is 11.0 Å². The molecule has 0 fully saturated rings. The minimum Gasteiger partial charge on any atom is -0.367 e. The molecule has 0 saturated heterocycles. The highest BCUT2D eigenvalue weighted by atomic mass is 79.9. The number of rotatable bonds is 2. The lowest BCUT2D eigenvalue weighted by atomic mass is 10.2. The van der Waals surface area contributed by atoms with Gasteiger partial charge in [-0.05, 0) is 33.6 Å². The Labute approximate surface area is 94.1 Å². The lowest BCUT2D eigenvalue weighted by Gasteiger charge is -2.02. The molecule has 2 aromatic rings. The van der Waals surface area contributed by atoms with Crippen molar-refractivity contribution in [3.05, 3.63) is 40.4 Å². The Bertz CT molecular complexity index is 483. The zero-order valence-electron chi connectivity index (χ0n) is 7.69. The van der Waals surface area contributed by atoms with Crippen molar-refractivity contribution in [2.24, 2.45) is 0 Å². The maximum atomic E-state index is 13.2. The van der Waals surface area contributed by atoms with Crippen molar-refractivity contribution in [2.75, 3.05) is 5.73 Å². The number of nitrogen functional groups attached to an aromatic ring is 1. The fourth-order valence-electron chi connectivity index (χ4n) is 1.21. The largest absolute Gasteiger partial charge is 0.367 e. The Hall–Kier alpha value is -1.43. The van der Waals surface area contributed by atoms with Crippen LogP contribution in [0.5, 0.6) is 0 Å². The molecule has 1 aromatic carbocycles. The Morgan fingerprint density at radius 3 is 2.87 bits per heavy atom. The van der Waals surface area contributed by atoms with E-state index >= 15 is 0 Å². The molecule has 1 heterocycles. The van der Waals surface area contributed by atoms with Crippen LogP contribution in [0.3, 0.4) is 0 Å². The van der Waals surface area contributed by atoms with Crippen molar-refractivity contribution in [3.8, 4) is 0 Å². The van der Waals surface area contributed by atoms with Crippen LogP contribution in [-0.2, 0) is 6.54 Å². The van der Waals surface area contributed by atoms with E-state index in [1.54, 1.807) is 10.7 Å². The number of halogens is 2. The summed E-state index contributed by atoms with van der Waals surface area (Å²) in [4.78, 5) is 3.78. The third-order valence-corrected chi connectivity index (χ3v) is 2.53. The fourth-order valence-corrected chi connectivity index (χ4v) is 1.46. The second-order valence-corrected chi connectivity index (χ2v) is 3.90. The third-order valence-electron chi connectivity index (χ3n) is 1.88. The molecule has 0 radical (unpaired) electrons. The first-order chi connectivity index (χ1) is 7.15. The van der Waals surface area contributed by atoms with E-state index in [4.69, 9.17) is 5.73 Å². The van der Waals surface area contributed by atoms with E-state index in [1.807, 2.05) is 6.07 Å². The van der Waals surface area contributed by atoms with Gasteiger partial charge in [0.25, 0.3) is 0 Å². The smallest absolute Gasteiger partial charge is 0.239 e. The van der Waals surface area contributed by atoms with Crippen molar-refractivity contribution < 1.29 is 4.39 Å². The molecular weight excluding hydrogens is 263 g/mol. The number of anilines is 1. The predicted molar refractivity (Wildman–Crippen MR) is 57.6 cm³/mol. The molecule has 0 spiro atoms. The topological polar surface area (TPSA) is 56.7 Å². The molecule has 0 amide bonds. The van der Waals surface area contributed by atoms with Gasteiger partial charge < -0.3 is 5.73 Å². The second kappa shape index (κ2) is 3.98. The number of benzene rings is 1. The van der Waals surface area contributed by atoms with Gasteiger partial charge in [-0.1, -0.05) is 6.07 Å². The van der Waals surface area contributed by atoms with Crippen LogP contribution in [0, 0.1) is 5.82 Å². The molecule has 78 valence electrons. The van der Waals surface area contributed by atoms with Crippen molar-refractivity contribution in [1.82, 2.24) is 14.8 Å². The summed E-state index contributed by atoms with van der Waals surface area (Å²) in [6, 6.07) is 4.91. The summed E-state index contributed by atoms with van der Waals surface area (Å²) in [6.45, 7) is 0.453. The first-order valence-corrected chi connectivity index (χ1v) is 5.03. The maximum absolute atomic E-state index is 13.2. The molecule has 0 aliphatic carbocycles. The van der Waals surface area contributed by atoms with Crippen molar-refractivity contribution in [3.63, 3.8) is 0 Å². The van der Waals surface area contributed by atoms with Gasteiger partial charge in [-0.2, -0.15) is 0 Å². The van der Waals surface area contributed by atoms with Crippen LogP contribution in [0.2, 0.25) is 0 Å². The number of hydrogen-bond acceptors (Lipinski definition) is 3. The quantitative estimate of drug-likeness (QED) is 0.906. The van der Waals surface area contributed by atoms with Crippen molar-refractivity contribution in [1.29, 1.82) is 0 Å². The molecule has 1 aromatic heterocycles. The molecule has 0 saturated carbocycles. The van der Waals surface area contributed by atoms with Crippen molar-refractivity contribution in [2.45, 2.75) is 6.54 Å².